The smallest absolute Gasteiger partial charge is 0.477 e. The predicted octanol–water partition coefficient (Wildman–Crippen LogP) is 0.105. The lowest BCUT2D eigenvalue weighted by molar-refractivity contribution is -0.157. The third-order valence-corrected chi connectivity index (χ3v) is 4.72. The summed E-state index contributed by atoms with van der Waals surface area (Å²) in [7, 11) is -5.91. The van der Waals surface area contributed by atoms with E-state index < -0.39 is 44.7 Å². The van der Waals surface area contributed by atoms with E-state index in [1.807, 2.05) is 0 Å². The summed E-state index contributed by atoms with van der Waals surface area (Å²) in [4.78, 5) is 23.1. The molecule has 0 saturated carbocycles. The van der Waals surface area contributed by atoms with Crippen LogP contribution < -0.4 is 0 Å². The number of carboxylic acids is 1. The average molecular weight is 333 g/mol. The molecule has 7 nitrogen and oxygen atoms in total. The van der Waals surface area contributed by atoms with Crippen molar-refractivity contribution in [1.82, 2.24) is 4.90 Å². The summed E-state index contributed by atoms with van der Waals surface area (Å²) in [5.74, 6) is -2.45. The van der Waals surface area contributed by atoms with E-state index in [2.05, 4.69) is 4.18 Å². The van der Waals surface area contributed by atoms with Gasteiger partial charge in [-0.05, 0) is 6.08 Å². The quantitative estimate of drug-likeness (QED) is 0.444. The van der Waals surface area contributed by atoms with Crippen molar-refractivity contribution in [2.45, 2.75) is 17.0 Å². The van der Waals surface area contributed by atoms with Crippen molar-refractivity contribution < 1.29 is 40.5 Å². The van der Waals surface area contributed by atoms with E-state index in [1.54, 1.807) is 0 Å². The number of aliphatic carboxylic acids is 1. The fraction of sp³-hybridized carbons (Fsp3) is 0.500. The number of nitrogens with zero attached hydrogens (tertiary/aromatic N) is 1. The minimum atomic E-state index is -5.91. The Morgan fingerprint density at radius 1 is 1.50 bits per heavy atom. The summed E-state index contributed by atoms with van der Waals surface area (Å²) in [5.41, 5.74) is -6.04. The monoisotopic (exact) mass is 333 g/mol. The van der Waals surface area contributed by atoms with Crippen molar-refractivity contribution in [2.75, 3.05) is 5.75 Å². The largest absolute Gasteiger partial charge is 0.523 e. The van der Waals surface area contributed by atoms with E-state index in [0.717, 1.165) is 11.8 Å². The molecular formula is C8H6F3NO6S2. The molecule has 0 aliphatic carbocycles. The van der Waals surface area contributed by atoms with Crippen molar-refractivity contribution in [2.24, 2.45) is 0 Å². The van der Waals surface area contributed by atoms with Crippen LogP contribution in [0.1, 0.15) is 0 Å². The van der Waals surface area contributed by atoms with Gasteiger partial charge in [0.15, 0.2) is 6.10 Å². The molecule has 0 aromatic rings. The summed E-state index contributed by atoms with van der Waals surface area (Å²) in [6.45, 7) is 0. The minimum Gasteiger partial charge on any atom is -0.477 e. The molecule has 1 saturated heterocycles. The first kappa shape index (κ1) is 15.1. The second-order valence-electron chi connectivity index (χ2n) is 3.74. The molecule has 2 aliphatic heterocycles. The molecule has 2 heterocycles. The van der Waals surface area contributed by atoms with Crippen LogP contribution >= 0.6 is 11.8 Å². The molecular weight excluding hydrogens is 327 g/mol. The van der Waals surface area contributed by atoms with E-state index in [-0.39, 0.29) is 5.75 Å². The zero-order valence-electron chi connectivity index (χ0n) is 9.33. The Bertz CT molecular complexity index is 598. The molecule has 0 spiro atoms. The number of carboxylic acid groups (broad SMARTS) is 1. The van der Waals surface area contributed by atoms with Gasteiger partial charge in [0.1, 0.15) is 11.1 Å². The highest BCUT2D eigenvalue weighted by Crippen LogP contribution is 2.41. The van der Waals surface area contributed by atoms with Gasteiger partial charge in [-0.25, -0.2) is 8.98 Å². The first-order valence-electron chi connectivity index (χ1n) is 4.94. The zero-order valence-corrected chi connectivity index (χ0v) is 11.0. The molecule has 2 aliphatic rings. The molecule has 0 aromatic carbocycles. The van der Waals surface area contributed by atoms with E-state index in [1.165, 1.54) is 6.08 Å². The van der Waals surface area contributed by atoms with Crippen molar-refractivity contribution in [1.29, 1.82) is 0 Å². The number of hydrogen-bond acceptors (Lipinski definition) is 6. The first-order valence-corrected chi connectivity index (χ1v) is 7.39. The number of hydrogen-bond donors (Lipinski definition) is 1. The van der Waals surface area contributed by atoms with E-state index >= 15 is 0 Å². The minimum absolute atomic E-state index is 0.113. The molecule has 112 valence electrons. The van der Waals surface area contributed by atoms with Gasteiger partial charge in [-0.2, -0.15) is 21.6 Å². The number of alkyl halides is 3. The number of carbonyl (C=O) groups excluding carboxylic acids is 1. The Labute approximate surface area is 114 Å². The number of thioether (sulfide) groups is 1. The molecule has 0 bridgehead atoms. The molecule has 12 heteroatoms. The Morgan fingerprint density at radius 2 is 2.10 bits per heavy atom. The first-order chi connectivity index (χ1) is 9.06. The summed E-state index contributed by atoms with van der Waals surface area (Å²) in [5, 5.41) is 7.71. The second-order valence-corrected chi connectivity index (χ2v) is 6.46. The number of carbonyl (C=O) groups is 2. The fourth-order valence-electron chi connectivity index (χ4n) is 1.65. The highest BCUT2D eigenvalue weighted by Gasteiger charge is 2.58. The topological polar surface area (TPSA) is 101 Å². The number of halogens is 3. The second kappa shape index (κ2) is 4.63. The Kier molecular flexibility index (Phi) is 3.50. The van der Waals surface area contributed by atoms with Crippen molar-refractivity contribution in [3.63, 3.8) is 0 Å². The van der Waals surface area contributed by atoms with Crippen LogP contribution in [0.3, 0.4) is 0 Å². The zero-order chi connectivity index (χ0) is 15.3. The van der Waals surface area contributed by atoms with Crippen LogP contribution in [-0.4, -0.2) is 53.0 Å². The van der Waals surface area contributed by atoms with Gasteiger partial charge in [-0.3, -0.25) is 9.69 Å². The normalized spacial score (nSPS) is 26.6. The maximum Gasteiger partial charge on any atom is 0.523 e. The third-order valence-electron chi connectivity index (χ3n) is 2.53. The van der Waals surface area contributed by atoms with Crippen molar-refractivity contribution in [3.05, 3.63) is 11.8 Å². The van der Waals surface area contributed by atoms with Gasteiger partial charge in [0.25, 0.3) is 5.91 Å². The van der Waals surface area contributed by atoms with Gasteiger partial charge in [-0.1, -0.05) is 0 Å². The molecule has 0 radical (unpaired) electrons. The van der Waals surface area contributed by atoms with Crippen LogP contribution in [0.15, 0.2) is 11.8 Å². The number of rotatable bonds is 3. The molecule has 20 heavy (non-hydrogen) atoms. The average Bonchev–Trinajstić information content (AvgIpc) is 2.33. The summed E-state index contributed by atoms with van der Waals surface area (Å²) in [6, 6.07) is 0. The van der Waals surface area contributed by atoms with Crippen LogP contribution in [-0.2, 0) is 23.9 Å². The van der Waals surface area contributed by atoms with E-state index in [4.69, 9.17) is 5.11 Å². The molecule has 1 amide bonds. The molecule has 2 rings (SSSR count). The van der Waals surface area contributed by atoms with Gasteiger partial charge >= 0.3 is 21.6 Å². The van der Waals surface area contributed by atoms with Gasteiger partial charge in [0.2, 0.25) is 0 Å². The van der Waals surface area contributed by atoms with Crippen molar-refractivity contribution in [3.8, 4) is 0 Å². The molecule has 0 aromatic heterocycles. The van der Waals surface area contributed by atoms with Crippen LogP contribution in [0.4, 0.5) is 13.2 Å². The molecule has 2 atom stereocenters. The SMILES string of the molecule is O=C(O)C1=CCS[C@H]2C(OS(=O)(=O)C(F)(F)F)C(=O)N12. The van der Waals surface area contributed by atoms with E-state index in [9.17, 15) is 31.2 Å². The highest BCUT2D eigenvalue weighted by molar-refractivity contribution is 8.00. The standard InChI is InChI=1S/C8H6F3NO6S2/c9-8(10,11)20(16,17)18-4-5(13)12-3(7(14)15)1-2-19-6(4)12/h1,4,6H,2H2,(H,14,15)/t4?,6-/m0/s1. The van der Waals surface area contributed by atoms with Crippen LogP contribution in [0.25, 0.3) is 0 Å². The van der Waals surface area contributed by atoms with Gasteiger partial charge in [0, 0.05) is 5.75 Å². The van der Waals surface area contributed by atoms with Gasteiger partial charge in [-0.15, -0.1) is 11.8 Å². The lowest BCUT2D eigenvalue weighted by Crippen LogP contribution is -2.66. The van der Waals surface area contributed by atoms with Gasteiger partial charge in [0.05, 0.1) is 0 Å². The van der Waals surface area contributed by atoms with E-state index in [0.29, 0.717) is 4.90 Å². The summed E-state index contributed by atoms with van der Waals surface area (Å²) in [6.07, 6.45) is -0.662. The number of fused-ring (bicyclic) bond motifs is 1. The number of amides is 1. The third kappa shape index (κ3) is 2.27. The Balaban J connectivity index is 2.19. The predicted molar refractivity (Wildman–Crippen MR) is 58.7 cm³/mol. The summed E-state index contributed by atoms with van der Waals surface area (Å²) >= 11 is 0.906. The maximum absolute atomic E-state index is 12.2. The summed E-state index contributed by atoms with van der Waals surface area (Å²) < 4.78 is 62.0. The fourth-order valence-corrected chi connectivity index (χ4v) is 3.45. The van der Waals surface area contributed by atoms with Crippen LogP contribution in [0.2, 0.25) is 0 Å². The molecule has 1 N–H and O–H groups in total. The maximum atomic E-state index is 12.2. The van der Waals surface area contributed by atoms with Crippen molar-refractivity contribution >= 4 is 33.8 Å². The molecule has 1 fully saturated rings. The Morgan fingerprint density at radius 3 is 2.60 bits per heavy atom. The lowest BCUT2D eigenvalue weighted by Gasteiger charge is -2.47. The number of β-lactam (4-membered cyclic amide) rings is 1. The van der Waals surface area contributed by atoms with Crippen LogP contribution in [0.5, 0.6) is 0 Å². The molecule has 1 unspecified atom stereocenters. The van der Waals surface area contributed by atoms with Gasteiger partial charge < -0.3 is 5.11 Å². The highest BCUT2D eigenvalue weighted by atomic mass is 32.2. The van der Waals surface area contributed by atoms with Crippen LogP contribution in [0, 0.1) is 0 Å². The lowest BCUT2D eigenvalue weighted by atomic mass is 10.1. The Hall–Kier alpha value is -1.27.